The van der Waals surface area contributed by atoms with Crippen LogP contribution in [0, 0.1) is 11.3 Å². The van der Waals surface area contributed by atoms with E-state index in [4.69, 9.17) is 0 Å². The predicted molar refractivity (Wildman–Crippen MR) is 72.5 cm³/mol. The number of hydrogen-bond donors (Lipinski definition) is 3. The van der Waals surface area contributed by atoms with Crippen molar-refractivity contribution in [1.29, 1.82) is 5.26 Å². The van der Waals surface area contributed by atoms with E-state index < -0.39 is 16.3 Å². The summed E-state index contributed by atoms with van der Waals surface area (Å²) in [7, 11) is -3.06. The number of nitrogens with zero attached hydrogens (tertiary/aromatic N) is 1. The molecule has 20 heavy (non-hydrogen) atoms. The number of carbonyl (C=O) groups excluding carboxylic acids is 1. The van der Waals surface area contributed by atoms with Crippen LogP contribution in [0.4, 0.5) is 9.80 Å². The van der Waals surface area contributed by atoms with Crippen molar-refractivity contribution in [3.05, 3.63) is 16.0 Å². The van der Waals surface area contributed by atoms with Crippen LogP contribution >= 0.6 is 11.3 Å². The number of hydrogen-bond acceptors (Lipinski definition) is 7. The van der Waals surface area contributed by atoms with Crippen molar-refractivity contribution >= 4 is 32.6 Å². The maximum atomic E-state index is 11.7. The zero-order valence-electron chi connectivity index (χ0n) is 10.5. The Kier molecular flexibility index (Phi) is 4.12. The van der Waals surface area contributed by atoms with Crippen LogP contribution in [0.15, 0.2) is 0 Å². The molecule has 10 heteroatoms. The fourth-order valence-electron chi connectivity index (χ4n) is 1.82. The van der Waals surface area contributed by atoms with Crippen LogP contribution in [0.3, 0.4) is 0 Å². The summed E-state index contributed by atoms with van der Waals surface area (Å²) in [6.07, 6.45) is -0.431. The van der Waals surface area contributed by atoms with E-state index in [9.17, 15) is 18.5 Å². The van der Waals surface area contributed by atoms with Gasteiger partial charge < -0.3 is 10.1 Å². The molecule has 0 aromatic carbocycles. The molecular formula is C10H12N4O4S2. The minimum absolute atomic E-state index is 0.206. The summed E-state index contributed by atoms with van der Waals surface area (Å²) in [6.45, 7) is 1.34. The van der Waals surface area contributed by atoms with Crippen molar-refractivity contribution in [3.63, 3.8) is 0 Å². The molecule has 108 valence electrons. The van der Waals surface area contributed by atoms with E-state index >= 15 is 0 Å². The van der Waals surface area contributed by atoms with Gasteiger partial charge in [-0.3, -0.25) is 4.72 Å². The maximum Gasteiger partial charge on any atom is 0.422 e. The molecule has 1 aromatic rings. The van der Waals surface area contributed by atoms with Gasteiger partial charge in [-0.15, -0.1) is 11.3 Å². The van der Waals surface area contributed by atoms with Gasteiger partial charge in [0.1, 0.15) is 11.1 Å². The topological polar surface area (TPSA) is 120 Å². The molecular weight excluding hydrogens is 304 g/mol. The van der Waals surface area contributed by atoms with E-state index in [2.05, 4.69) is 14.8 Å². The van der Waals surface area contributed by atoms with E-state index in [0.717, 1.165) is 24.1 Å². The first kappa shape index (κ1) is 14.6. The van der Waals surface area contributed by atoms with Gasteiger partial charge in [0.2, 0.25) is 0 Å². The van der Waals surface area contributed by atoms with Gasteiger partial charge in [-0.2, -0.15) is 13.7 Å². The summed E-state index contributed by atoms with van der Waals surface area (Å²) in [5.41, 5.74) is 1.16. The van der Waals surface area contributed by atoms with Gasteiger partial charge in [0.25, 0.3) is 0 Å². The Balaban J connectivity index is 2.28. The average molecular weight is 316 g/mol. The Labute approximate surface area is 119 Å². The largest absolute Gasteiger partial charge is 0.452 e. The van der Waals surface area contributed by atoms with Crippen molar-refractivity contribution in [1.82, 2.24) is 10.0 Å². The molecule has 8 nitrogen and oxygen atoms in total. The zero-order valence-corrected chi connectivity index (χ0v) is 12.2. The molecule has 0 atom stereocenters. The van der Waals surface area contributed by atoms with Gasteiger partial charge in [-0.1, -0.05) is 0 Å². The minimum Gasteiger partial charge on any atom is -0.452 e. The number of methoxy groups -OCH3 is 1. The van der Waals surface area contributed by atoms with Gasteiger partial charge in [0, 0.05) is 11.4 Å². The molecule has 1 aliphatic rings. The first-order valence-electron chi connectivity index (χ1n) is 5.60. The fraction of sp³-hybridized carbons (Fsp3) is 0.400. The second-order valence-corrected chi connectivity index (χ2v) is 6.47. The lowest BCUT2D eigenvalue weighted by Crippen LogP contribution is -2.35. The molecule has 0 aliphatic carbocycles. The number of amides is 1. The van der Waals surface area contributed by atoms with Crippen molar-refractivity contribution in [2.24, 2.45) is 0 Å². The smallest absolute Gasteiger partial charge is 0.422 e. The Morgan fingerprint density at radius 3 is 2.95 bits per heavy atom. The van der Waals surface area contributed by atoms with Crippen LogP contribution in [0.5, 0.6) is 0 Å². The number of ether oxygens (including phenoxy) is 1. The van der Waals surface area contributed by atoms with E-state index in [0.29, 0.717) is 18.5 Å². The highest BCUT2D eigenvalue weighted by Crippen LogP contribution is 2.35. The number of nitriles is 1. The minimum atomic E-state index is -4.11. The number of rotatable bonds is 3. The molecule has 0 unspecified atom stereocenters. The second kappa shape index (κ2) is 5.66. The third-order valence-corrected chi connectivity index (χ3v) is 4.85. The third-order valence-electron chi connectivity index (χ3n) is 2.67. The highest BCUT2D eigenvalue weighted by molar-refractivity contribution is 7.91. The Morgan fingerprint density at radius 1 is 1.55 bits per heavy atom. The van der Waals surface area contributed by atoms with E-state index in [1.54, 1.807) is 4.72 Å². The van der Waals surface area contributed by atoms with E-state index in [-0.39, 0.29) is 5.00 Å². The fourth-order valence-corrected chi connectivity index (χ4v) is 4.04. The Hall–Kier alpha value is -1.83. The molecule has 0 bridgehead atoms. The molecule has 2 heterocycles. The Bertz CT molecular complexity index is 674. The molecule has 3 N–H and O–H groups in total. The highest BCUT2D eigenvalue weighted by atomic mass is 32.2. The van der Waals surface area contributed by atoms with Crippen LogP contribution < -0.4 is 14.8 Å². The number of anilines is 1. The lowest BCUT2D eigenvalue weighted by molar-refractivity contribution is 0.177. The van der Waals surface area contributed by atoms with Gasteiger partial charge >= 0.3 is 16.3 Å². The van der Waals surface area contributed by atoms with Gasteiger partial charge in [0.05, 0.1) is 12.7 Å². The number of nitrogens with one attached hydrogen (secondary N) is 3. The van der Waals surface area contributed by atoms with Crippen LogP contribution in [0.25, 0.3) is 0 Å². The summed E-state index contributed by atoms with van der Waals surface area (Å²) in [4.78, 5) is 11.9. The van der Waals surface area contributed by atoms with E-state index in [1.807, 2.05) is 6.07 Å². The zero-order chi connectivity index (χ0) is 14.8. The highest BCUT2D eigenvalue weighted by Gasteiger charge is 2.24. The second-order valence-electron chi connectivity index (χ2n) is 3.95. The number of thiophene rings is 1. The molecule has 0 radical (unpaired) electrons. The first-order chi connectivity index (χ1) is 9.46. The van der Waals surface area contributed by atoms with Crippen LogP contribution in [0.2, 0.25) is 0 Å². The third kappa shape index (κ3) is 3.01. The summed E-state index contributed by atoms with van der Waals surface area (Å²) >= 11 is 1.18. The number of fused-ring (bicyclic) bond motifs is 1. The molecule has 0 fully saturated rings. The summed E-state index contributed by atoms with van der Waals surface area (Å²) in [5, 5.41) is 12.5. The molecule has 1 aliphatic heterocycles. The van der Waals surface area contributed by atoms with Crippen molar-refractivity contribution in [2.75, 3.05) is 18.4 Å². The van der Waals surface area contributed by atoms with Crippen LogP contribution in [-0.2, 0) is 27.9 Å². The summed E-state index contributed by atoms with van der Waals surface area (Å²) in [5.74, 6) is 0. The first-order valence-corrected chi connectivity index (χ1v) is 7.90. The van der Waals surface area contributed by atoms with Crippen LogP contribution in [0.1, 0.15) is 16.0 Å². The van der Waals surface area contributed by atoms with E-state index in [1.165, 1.54) is 11.3 Å². The lowest BCUT2D eigenvalue weighted by Gasteiger charge is -2.11. The monoisotopic (exact) mass is 316 g/mol. The maximum absolute atomic E-state index is 11.7. The molecule has 2 rings (SSSR count). The SMILES string of the molecule is COC(=O)NS(=O)(=O)Nc1sc2c(c1C#N)CCNC2. The molecule has 0 saturated heterocycles. The van der Waals surface area contributed by atoms with Gasteiger partial charge in [-0.05, 0) is 18.5 Å². The van der Waals surface area contributed by atoms with Crippen molar-refractivity contribution in [3.8, 4) is 6.07 Å². The van der Waals surface area contributed by atoms with Gasteiger partial charge in [0.15, 0.2) is 0 Å². The molecule has 0 spiro atoms. The van der Waals surface area contributed by atoms with Gasteiger partial charge in [-0.25, -0.2) is 9.52 Å². The quantitative estimate of drug-likeness (QED) is 0.736. The Morgan fingerprint density at radius 2 is 2.30 bits per heavy atom. The average Bonchev–Trinajstić information content (AvgIpc) is 2.73. The lowest BCUT2D eigenvalue weighted by atomic mass is 10.1. The van der Waals surface area contributed by atoms with Crippen molar-refractivity contribution < 1.29 is 17.9 Å². The molecule has 1 amide bonds. The van der Waals surface area contributed by atoms with Crippen molar-refractivity contribution in [2.45, 2.75) is 13.0 Å². The molecule has 0 saturated carbocycles. The van der Waals surface area contributed by atoms with Crippen LogP contribution in [-0.4, -0.2) is 28.2 Å². The summed E-state index contributed by atoms with van der Waals surface area (Å²) in [6, 6.07) is 2.01. The molecule has 1 aromatic heterocycles. The standard InChI is InChI=1S/C10H12N4O4S2/c1-18-10(15)14-20(16,17)13-9-7(4-11)6-2-3-12-5-8(6)19-9/h12-13H,2-3,5H2,1H3,(H,14,15). The normalized spacial score (nSPS) is 14.0. The predicted octanol–water partition coefficient (Wildman–Crippen LogP) is 0.278. The summed E-state index contributed by atoms with van der Waals surface area (Å²) < 4.78 is 31.5. The number of carbonyl (C=O) groups is 1.